The standard InChI is InChI=1S/C29H26N4O7/c1-3-37-27(34)21-9-5-7-19(15-21)25-13-11-23(39-25)17-30-32-29(36)33-31-18-24-12-14-26(40-24)20-8-6-10-22(16-20)28(35)38-4-2/h5-18H,3-4H2,1-2H3,(H2,32,33,36)/b30-17-,31-18-. The van der Waals surface area contributed by atoms with Crippen molar-refractivity contribution in [3.63, 3.8) is 0 Å². The lowest BCUT2D eigenvalue weighted by molar-refractivity contribution is 0.0517. The van der Waals surface area contributed by atoms with Crippen LogP contribution in [0.25, 0.3) is 22.6 Å². The molecule has 11 nitrogen and oxygen atoms in total. The zero-order chi connectivity index (χ0) is 28.3. The highest BCUT2D eigenvalue weighted by molar-refractivity contribution is 5.91. The highest BCUT2D eigenvalue weighted by Crippen LogP contribution is 2.24. The van der Waals surface area contributed by atoms with E-state index in [1.54, 1.807) is 86.6 Å². The lowest BCUT2D eigenvalue weighted by atomic mass is 10.1. The van der Waals surface area contributed by atoms with Gasteiger partial charge in [0.25, 0.3) is 0 Å². The summed E-state index contributed by atoms with van der Waals surface area (Å²) in [4.78, 5) is 35.9. The van der Waals surface area contributed by atoms with Gasteiger partial charge < -0.3 is 18.3 Å². The Bertz CT molecular complexity index is 1440. The van der Waals surface area contributed by atoms with Gasteiger partial charge in [-0.1, -0.05) is 24.3 Å². The second-order valence-corrected chi connectivity index (χ2v) is 8.08. The molecule has 0 spiro atoms. The minimum absolute atomic E-state index is 0.287. The summed E-state index contributed by atoms with van der Waals surface area (Å²) in [5.74, 6) is 0.984. The van der Waals surface area contributed by atoms with Crippen LogP contribution in [0.15, 0.2) is 91.8 Å². The number of hydrazone groups is 2. The minimum Gasteiger partial charge on any atom is -0.462 e. The lowest BCUT2D eigenvalue weighted by Gasteiger charge is -2.03. The van der Waals surface area contributed by atoms with Gasteiger partial charge >= 0.3 is 18.0 Å². The molecule has 0 aliphatic carbocycles. The van der Waals surface area contributed by atoms with Gasteiger partial charge in [-0.3, -0.25) is 0 Å². The molecule has 2 heterocycles. The van der Waals surface area contributed by atoms with Crippen molar-refractivity contribution in [2.45, 2.75) is 13.8 Å². The molecule has 0 saturated carbocycles. The van der Waals surface area contributed by atoms with Crippen molar-refractivity contribution < 1.29 is 32.7 Å². The van der Waals surface area contributed by atoms with E-state index in [2.05, 4.69) is 21.1 Å². The van der Waals surface area contributed by atoms with Crippen molar-refractivity contribution in [3.8, 4) is 22.6 Å². The van der Waals surface area contributed by atoms with Gasteiger partial charge in [0.05, 0.1) is 36.8 Å². The number of furan rings is 2. The second-order valence-electron chi connectivity index (χ2n) is 8.08. The van der Waals surface area contributed by atoms with Crippen LogP contribution in [-0.4, -0.2) is 43.6 Å². The van der Waals surface area contributed by atoms with Crippen LogP contribution in [0.3, 0.4) is 0 Å². The SMILES string of the molecule is CCOC(=O)c1cccc(-c2ccc(/C=N\NC(=O)N/N=C\c3ccc(-c4cccc(C(=O)OCC)c4)o3)o2)c1. The maximum atomic E-state index is 12.0. The van der Waals surface area contributed by atoms with Crippen LogP contribution in [0.2, 0.25) is 0 Å². The van der Waals surface area contributed by atoms with E-state index in [0.29, 0.717) is 45.3 Å². The number of ether oxygens (including phenoxy) is 2. The molecule has 2 amide bonds. The minimum atomic E-state index is -0.685. The Kier molecular flexibility index (Phi) is 9.22. The maximum absolute atomic E-state index is 12.0. The number of nitrogens with one attached hydrogen (secondary N) is 2. The molecule has 40 heavy (non-hydrogen) atoms. The van der Waals surface area contributed by atoms with Gasteiger partial charge in [0.15, 0.2) is 0 Å². The Morgan fingerprint density at radius 1 is 0.700 bits per heavy atom. The van der Waals surface area contributed by atoms with Gasteiger partial charge in [-0.05, 0) is 62.4 Å². The largest absolute Gasteiger partial charge is 0.462 e. The smallest absolute Gasteiger partial charge is 0.355 e. The topological polar surface area (TPSA) is 145 Å². The number of nitrogens with zero attached hydrogens (tertiary/aromatic N) is 2. The fourth-order valence-electron chi connectivity index (χ4n) is 3.52. The van der Waals surface area contributed by atoms with Gasteiger partial charge in [-0.15, -0.1) is 0 Å². The molecule has 204 valence electrons. The molecule has 11 heteroatoms. The summed E-state index contributed by atoms with van der Waals surface area (Å²) in [5, 5.41) is 7.67. The van der Waals surface area contributed by atoms with Crippen molar-refractivity contribution in [2.24, 2.45) is 10.2 Å². The second kappa shape index (κ2) is 13.4. The van der Waals surface area contributed by atoms with Gasteiger partial charge in [0.2, 0.25) is 0 Å². The molecule has 0 saturated heterocycles. The summed E-state index contributed by atoms with van der Waals surface area (Å²) in [6.07, 6.45) is 2.65. The first-order chi connectivity index (χ1) is 19.5. The monoisotopic (exact) mass is 542 g/mol. The van der Waals surface area contributed by atoms with Crippen molar-refractivity contribution in [1.29, 1.82) is 0 Å². The molecule has 2 N–H and O–H groups in total. The number of urea groups is 1. The summed E-state index contributed by atoms with van der Waals surface area (Å²) >= 11 is 0. The third-order valence-electron chi connectivity index (χ3n) is 5.29. The number of hydrogen-bond acceptors (Lipinski definition) is 9. The number of carbonyl (C=O) groups excluding carboxylic acids is 3. The van der Waals surface area contributed by atoms with E-state index < -0.39 is 18.0 Å². The van der Waals surface area contributed by atoms with Crippen molar-refractivity contribution >= 4 is 30.4 Å². The van der Waals surface area contributed by atoms with Crippen LogP contribution in [0.4, 0.5) is 4.79 Å². The normalized spacial score (nSPS) is 11.1. The Morgan fingerprint density at radius 2 is 1.15 bits per heavy atom. The number of esters is 2. The van der Waals surface area contributed by atoms with Gasteiger partial charge in [0, 0.05) is 11.1 Å². The van der Waals surface area contributed by atoms with E-state index >= 15 is 0 Å². The van der Waals surface area contributed by atoms with E-state index in [1.807, 2.05) is 0 Å². The van der Waals surface area contributed by atoms with E-state index in [9.17, 15) is 14.4 Å². The summed E-state index contributed by atoms with van der Waals surface area (Å²) in [5.41, 5.74) is 6.76. The first kappa shape index (κ1) is 27.6. The molecule has 4 rings (SSSR count). The van der Waals surface area contributed by atoms with Crippen molar-refractivity contribution in [1.82, 2.24) is 10.9 Å². The lowest BCUT2D eigenvalue weighted by Crippen LogP contribution is -2.28. The van der Waals surface area contributed by atoms with E-state index in [0.717, 1.165) is 0 Å². The first-order valence-electron chi connectivity index (χ1n) is 12.3. The van der Waals surface area contributed by atoms with Gasteiger partial charge in [-0.2, -0.15) is 10.2 Å². The van der Waals surface area contributed by atoms with Crippen molar-refractivity contribution in [3.05, 3.63) is 95.4 Å². The fourth-order valence-corrected chi connectivity index (χ4v) is 3.52. The third kappa shape index (κ3) is 7.32. The molecule has 0 bridgehead atoms. The van der Waals surface area contributed by atoms with Gasteiger partial charge in [-0.25, -0.2) is 25.2 Å². The Balaban J connectivity index is 1.28. The molecular formula is C29H26N4O7. The Labute approximate surface area is 229 Å². The van der Waals surface area contributed by atoms with Gasteiger partial charge in [0.1, 0.15) is 23.0 Å². The highest BCUT2D eigenvalue weighted by Gasteiger charge is 2.11. The summed E-state index contributed by atoms with van der Waals surface area (Å²) in [7, 11) is 0. The molecule has 0 aliphatic heterocycles. The van der Waals surface area contributed by atoms with Crippen LogP contribution in [-0.2, 0) is 9.47 Å². The average molecular weight is 543 g/mol. The molecular weight excluding hydrogens is 516 g/mol. The van der Waals surface area contributed by atoms with Crippen LogP contribution < -0.4 is 10.9 Å². The molecule has 4 aromatic rings. The van der Waals surface area contributed by atoms with Crippen molar-refractivity contribution in [2.75, 3.05) is 13.2 Å². The molecule has 2 aromatic heterocycles. The predicted octanol–water partition coefficient (Wildman–Crippen LogP) is 5.23. The summed E-state index contributed by atoms with van der Waals surface area (Å²) in [6.45, 7) is 4.06. The number of carbonyl (C=O) groups is 3. The molecule has 2 aromatic carbocycles. The summed E-state index contributed by atoms with van der Waals surface area (Å²) in [6, 6.07) is 19.8. The molecule has 0 radical (unpaired) electrons. The summed E-state index contributed by atoms with van der Waals surface area (Å²) < 4.78 is 21.5. The first-order valence-corrected chi connectivity index (χ1v) is 12.3. The number of hydrogen-bond donors (Lipinski definition) is 2. The number of amides is 2. The Morgan fingerprint density at radius 3 is 1.57 bits per heavy atom. The molecule has 0 atom stereocenters. The quantitative estimate of drug-likeness (QED) is 0.159. The third-order valence-corrected chi connectivity index (χ3v) is 5.29. The van der Waals surface area contributed by atoms with Crippen LogP contribution in [0.5, 0.6) is 0 Å². The van der Waals surface area contributed by atoms with E-state index in [4.69, 9.17) is 18.3 Å². The molecule has 0 fully saturated rings. The Hall–Kier alpha value is -5.45. The van der Waals surface area contributed by atoms with Crippen LogP contribution in [0, 0.1) is 0 Å². The number of benzene rings is 2. The average Bonchev–Trinajstić information content (AvgIpc) is 3.64. The zero-order valence-electron chi connectivity index (χ0n) is 21.7. The zero-order valence-corrected chi connectivity index (χ0v) is 21.7. The highest BCUT2D eigenvalue weighted by atomic mass is 16.5. The van der Waals surface area contributed by atoms with Crippen LogP contribution >= 0.6 is 0 Å². The molecule has 0 aliphatic rings. The fraction of sp³-hybridized carbons (Fsp3) is 0.138. The van der Waals surface area contributed by atoms with Crippen LogP contribution in [0.1, 0.15) is 46.1 Å². The predicted molar refractivity (Wildman–Crippen MR) is 147 cm³/mol. The van der Waals surface area contributed by atoms with E-state index in [-0.39, 0.29) is 13.2 Å². The number of rotatable bonds is 10. The molecule has 0 unspecified atom stereocenters. The maximum Gasteiger partial charge on any atom is 0.355 e. The van der Waals surface area contributed by atoms with E-state index in [1.165, 1.54) is 12.4 Å².